The van der Waals surface area contributed by atoms with Gasteiger partial charge in [0, 0.05) is 0 Å². The van der Waals surface area contributed by atoms with Crippen LogP contribution in [0.25, 0.3) is 0 Å². The minimum atomic E-state index is -0.543. The molecule has 0 unspecified atom stereocenters. The Hall–Kier alpha value is -0.470. The monoisotopic (exact) mass is 797 g/mol. The average molecular weight is 797 g/mol. The molecule has 4 nitrogen and oxygen atoms in total. The van der Waals surface area contributed by atoms with E-state index in [2.05, 4.69) is 67.0 Å². The van der Waals surface area contributed by atoms with Crippen LogP contribution in [0.4, 0.5) is 0 Å². The first-order valence-electron chi connectivity index (χ1n) is 16.0. The van der Waals surface area contributed by atoms with Crippen LogP contribution in [0.5, 0.6) is 0 Å². The van der Waals surface area contributed by atoms with Gasteiger partial charge in [-0.1, -0.05) is 191 Å². The molecule has 0 aromatic carbocycles. The highest BCUT2D eigenvalue weighted by Crippen LogP contribution is 2.58. The lowest BCUT2D eigenvalue weighted by atomic mass is 9.71. The van der Waals surface area contributed by atoms with Crippen LogP contribution in [0, 0.1) is 45.1 Å². The summed E-state index contributed by atoms with van der Waals surface area (Å²) in [4.78, 5) is 0. The highest BCUT2D eigenvalue weighted by Gasteiger charge is 2.53. The SMILES string of the molecule is C.C.C.C.C.C.C.C.C.C.C.C.C.C.C.CC1(C)CC(CCC2CC(C)(C)C(C)(C)C2)CC1(C)C.CC1(C)OB(C#CB2OC(C)(C)C(C)(C)O2)OC1(C)C. The molecule has 0 N–H and O–H groups in total. The maximum Gasteiger partial charge on any atom is 0.550 e. The van der Waals surface area contributed by atoms with Crippen molar-refractivity contribution in [3.05, 3.63) is 0 Å². The molecular weight excluding hydrogens is 674 g/mol. The molecule has 0 amide bonds. The van der Waals surface area contributed by atoms with Gasteiger partial charge in [0.2, 0.25) is 0 Å². The lowest BCUT2D eigenvalue weighted by molar-refractivity contribution is 0.00578. The van der Waals surface area contributed by atoms with Gasteiger partial charge < -0.3 is 18.6 Å². The molecule has 348 valence electrons. The van der Waals surface area contributed by atoms with Crippen molar-refractivity contribution in [1.82, 2.24) is 0 Å². The average Bonchev–Trinajstić information content (AvgIpc) is 3.25. The fourth-order valence-corrected chi connectivity index (χ4v) is 6.96. The third-order valence-electron chi connectivity index (χ3n) is 12.7. The van der Waals surface area contributed by atoms with E-state index in [0.717, 1.165) is 11.8 Å². The van der Waals surface area contributed by atoms with Gasteiger partial charge in [-0.2, -0.15) is 0 Å². The van der Waals surface area contributed by atoms with E-state index in [-0.39, 0.29) is 134 Å². The molecule has 2 aliphatic carbocycles. The molecule has 2 saturated carbocycles. The molecule has 6 heteroatoms. The third kappa shape index (κ3) is 19.4. The quantitative estimate of drug-likeness (QED) is 0.211. The molecule has 4 aliphatic rings. The second-order valence-corrected chi connectivity index (χ2v) is 18.1. The van der Waals surface area contributed by atoms with Crippen LogP contribution in [0.2, 0.25) is 0 Å². The lowest BCUT2D eigenvalue weighted by Crippen LogP contribution is -2.41. The molecule has 55 heavy (non-hydrogen) atoms. The predicted octanol–water partition coefficient (Wildman–Crippen LogP) is 18.5. The summed E-state index contributed by atoms with van der Waals surface area (Å²) < 4.78 is 23.3. The Morgan fingerprint density at radius 2 is 0.473 bits per heavy atom. The van der Waals surface area contributed by atoms with Gasteiger partial charge in [0.05, 0.1) is 22.4 Å². The van der Waals surface area contributed by atoms with Gasteiger partial charge in [0.1, 0.15) is 0 Å². The lowest BCUT2D eigenvalue weighted by Gasteiger charge is -2.34. The fraction of sp³-hybridized carbons (Fsp3) is 0.959. The Kier molecular flexibility index (Phi) is 47.6. The van der Waals surface area contributed by atoms with E-state index in [1.54, 1.807) is 0 Å². The molecule has 0 atom stereocenters. The Bertz CT molecular complexity index is 843. The Balaban J connectivity index is -0.0000000458. The molecule has 2 heterocycles. The van der Waals surface area contributed by atoms with Crippen LogP contribution < -0.4 is 0 Å². The van der Waals surface area contributed by atoms with Gasteiger partial charge in [-0.05, 0) is 115 Å². The van der Waals surface area contributed by atoms with Crippen molar-refractivity contribution in [3.8, 4) is 11.6 Å². The molecule has 0 spiro atoms. The molecule has 0 bridgehead atoms. The molecule has 4 fully saturated rings. The summed E-state index contributed by atoms with van der Waals surface area (Å²) in [5.74, 6) is 7.89. The topological polar surface area (TPSA) is 36.9 Å². The third-order valence-corrected chi connectivity index (χ3v) is 12.7. The van der Waals surface area contributed by atoms with Gasteiger partial charge in [-0.3, -0.25) is 0 Å². The van der Waals surface area contributed by atoms with Crippen molar-refractivity contribution < 1.29 is 18.6 Å². The smallest absolute Gasteiger partial charge is 0.392 e. The summed E-state index contributed by atoms with van der Waals surface area (Å²) in [5, 5.41) is 0. The van der Waals surface area contributed by atoms with E-state index in [1.165, 1.54) is 38.5 Å². The van der Waals surface area contributed by atoms with Crippen molar-refractivity contribution in [3.63, 3.8) is 0 Å². The van der Waals surface area contributed by atoms with E-state index in [1.807, 2.05) is 55.4 Å². The first-order chi connectivity index (χ1) is 17.7. The Morgan fingerprint density at radius 1 is 0.327 bits per heavy atom. The van der Waals surface area contributed by atoms with Crippen molar-refractivity contribution in [2.24, 2.45) is 33.5 Å². The fourth-order valence-electron chi connectivity index (χ4n) is 6.96. The molecule has 0 aromatic heterocycles. The van der Waals surface area contributed by atoms with E-state index in [4.69, 9.17) is 18.6 Å². The zero-order chi connectivity index (χ0) is 30.8. The summed E-state index contributed by atoms with van der Waals surface area (Å²) in [5.41, 5.74) is 0.644. The Labute approximate surface area is 360 Å². The molecule has 2 saturated heterocycles. The zero-order valence-electron chi connectivity index (χ0n) is 29.2. The first-order valence-corrected chi connectivity index (χ1v) is 16.0. The van der Waals surface area contributed by atoms with Crippen molar-refractivity contribution >= 4 is 14.2 Å². The highest BCUT2D eigenvalue weighted by molar-refractivity contribution is 6.62. The number of hydrogen-bond acceptors (Lipinski definition) is 4. The van der Waals surface area contributed by atoms with E-state index in [9.17, 15) is 0 Å². The van der Waals surface area contributed by atoms with E-state index < -0.39 is 14.2 Å². The van der Waals surface area contributed by atoms with Crippen LogP contribution in [0.3, 0.4) is 0 Å². The second-order valence-electron chi connectivity index (χ2n) is 18.1. The largest absolute Gasteiger partial charge is 0.550 e. The maximum absolute atomic E-state index is 5.82. The van der Waals surface area contributed by atoms with Gasteiger partial charge >= 0.3 is 14.2 Å². The maximum atomic E-state index is 5.82. The van der Waals surface area contributed by atoms with E-state index in [0.29, 0.717) is 21.7 Å². The summed E-state index contributed by atoms with van der Waals surface area (Å²) in [6.45, 7) is 35.9. The molecule has 2 aliphatic heterocycles. The molecule has 4 rings (SSSR count). The van der Waals surface area contributed by atoms with Crippen molar-refractivity contribution in [2.75, 3.05) is 0 Å². The number of hydrogen-bond donors (Lipinski definition) is 0. The molecular formula is C49H122B2O4. The van der Waals surface area contributed by atoms with Gasteiger partial charge in [0.15, 0.2) is 0 Å². The molecule has 0 radical (unpaired) electrons. The first kappa shape index (κ1) is 90.6. The Morgan fingerprint density at radius 3 is 0.618 bits per heavy atom. The standard InChI is InChI=1S/C20H38.C14H24B2O4.15CH4/c1-17(2)11-15(12-18(17,3)4)9-10-16-13-19(5,6)20(7,8)14-16;1-11(2)12(3,4)18-15(17-11)9-10-16-19-13(5,6)14(7,8)20-16;;;;;;;;;;;;;;;/h15-16H,9-14H2,1-8H3;1-8H3;15*1H4. The summed E-state index contributed by atoms with van der Waals surface area (Å²) >= 11 is 0. The van der Waals surface area contributed by atoms with E-state index >= 15 is 0 Å². The van der Waals surface area contributed by atoms with Crippen LogP contribution in [0.1, 0.15) is 261 Å². The minimum Gasteiger partial charge on any atom is -0.392 e. The van der Waals surface area contributed by atoms with Gasteiger partial charge in [0.25, 0.3) is 0 Å². The summed E-state index contributed by atoms with van der Waals surface area (Å²) in [6.07, 6.45) is 8.73. The molecule has 0 aromatic rings. The van der Waals surface area contributed by atoms with Crippen LogP contribution in [0.15, 0.2) is 0 Å². The van der Waals surface area contributed by atoms with Crippen LogP contribution in [-0.4, -0.2) is 36.6 Å². The predicted molar refractivity (Wildman–Crippen MR) is 271 cm³/mol. The van der Waals surface area contributed by atoms with Gasteiger partial charge in [-0.25, -0.2) is 0 Å². The van der Waals surface area contributed by atoms with Crippen LogP contribution >= 0.6 is 0 Å². The highest BCUT2D eigenvalue weighted by atomic mass is 16.7. The van der Waals surface area contributed by atoms with Crippen molar-refractivity contribution in [2.45, 2.75) is 283 Å². The number of rotatable bonds is 3. The van der Waals surface area contributed by atoms with Gasteiger partial charge in [-0.15, -0.1) is 0 Å². The zero-order valence-corrected chi connectivity index (χ0v) is 29.2. The normalized spacial score (nSPS) is 22.2. The summed E-state index contributed by atoms with van der Waals surface area (Å²) in [7, 11) is -1.09. The minimum absolute atomic E-state index is 0. The van der Waals surface area contributed by atoms with Crippen LogP contribution in [-0.2, 0) is 18.6 Å². The second kappa shape index (κ2) is 28.9. The van der Waals surface area contributed by atoms with Crippen molar-refractivity contribution in [1.29, 1.82) is 0 Å². The summed E-state index contributed by atoms with van der Waals surface area (Å²) in [6, 6.07) is 0.